The van der Waals surface area contributed by atoms with Crippen molar-refractivity contribution in [2.75, 3.05) is 7.11 Å². The van der Waals surface area contributed by atoms with Gasteiger partial charge in [-0.25, -0.2) is 4.79 Å². The number of allylic oxidation sites excluding steroid dienone is 2. The fraction of sp³-hybridized carbons (Fsp3) is 0.136. The van der Waals surface area contributed by atoms with E-state index in [9.17, 15) is 4.79 Å². The molecule has 0 fully saturated rings. The van der Waals surface area contributed by atoms with E-state index in [0.717, 1.165) is 11.1 Å². The van der Waals surface area contributed by atoms with Crippen LogP contribution in [0.25, 0.3) is 11.6 Å². The topological polar surface area (TPSA) is 26.3 Å². The van der Waals surface area contributed by atoms with Crippen LogP contribution in [0.1, 0.15) is 24.5 Å². The third-order valence-corrected chi connectivity index (χ3v) is 3.21. The van der Waals surface area contributed by atoms with Crippen LogP contribution in [-0.4, -0.2) is 13.1 Å². The van der Waals surface area contributed by atoms with Gasteiger partial charge in [-0.15, -0.1) is 0 Å². The Morgan fingerprint density at radius 1 is 1.00 bits per heavy atom. The molecule has 0 radical (unpaired) electrons. The minimum atomic E-state index is -0.354. The number of rotatable bonds is 5. The van der Waals surface area contributed by atoms with Crippen LogP contribution in [0, 0.1) is 0 Å². The van der Waals surface area contributed by atoms with Crippen molar-refractivity contribution in [3.8, 4) is 0 Å². The van der Waals surface area contributed by atoms with Crippen LogP contribution in [-0.2, 0) is 9.53 Å². The first-order valence-electron chi connectivity index (χ1n) is 7.73. The molecule has 0 saturated carbocycles. The van der Waals surface area contributed by atoms with Crippen molar-refractivity contribution >= 4 is 17.6 Å². The number of hydrogen-bond donors (Lipinski definition) is 0. The van der Waals surface area contributed by atoms with E-state index in [0.29, 0.717) is 12.0 Å². The van der Waals surface area contributed by atoms with Crippen LogP contribution in [0.15, 0.2) is 85.5 Å². The SMILES string of the molecule is C=C(C)c1ccccc1.C=C(CC=Cc1ccccc1)C(=O)OC. The summed E-state index contributed by atoms with van der Waals surface area (Å²) < 4.78 is 4.54. The highest BCUT2D eigenvalue weighted by Crippen LogP contribution is 2.08. The number of esters is 1. The van der Waals surface area contributed by atoms with Gasteiger partial charge in [-0.1, -0.05) is 91.5 Å². The Hall–Kier alpha value is -2.87. The first-order valence-corrected chi connectivity index (χ1v) is 7.73. The Balaban J connectivity index is 0.000000272. The van der Waals surface area contributed by atoms with Crippen LogP contribution in [0.4, 0.5) is 0 Å². The molecular weight excluding hydrogens is 296 g/mol. The van der Waals surface area contributed by atoms with Gasteiger partial charge in [0.25, 0.3) is 0 Å². The van der Waals surface area contributed by atoms with Gasteiger partial charge in [0.1, 0.15) is 0 Å². The fourth-order valence-corrected chi connectivity index (χ4v) is 1.85. The quantitative estimate of drug-likeness (QED) is 0.534. The molecule has 2 rings (SSSR count). The van der Waals surface area contributed by atoms with E-state index >= 15 is 0 Å². The summed E-state index contributed by atoms with van der Waals surface area (Å²) >= 11 is 0. The molecule has 0 bridgehead atoms. The van der Waals surface area contributed by atoms with Crippen molar-refractivity contribution < 1.29 is 9.53 Å². The van der Waals surface area contributed by atoms with Gasteiger partial charge in [0, 0.05) is 5.57 Å². The Morgan fingerprint density at radius 2 is 1.54 bits per heavy atom. The molecule has 0 spiro atoms. The lowest BCUT2D eigenvalue weighted by Gasteiger charge is -1.98. The fourth-order valence-electron chi connectivity index (χ4n) is 1.85. The molecule has 0 heterocycles. The summed E-state index contributed by atoms with van der Waals surface area (Å²) in [6.45, 7) is 9.47. The average molecular weight is 320 g/mol. The van der Waals surface area contributed by atoms with Crippen molar-refractivity contribution in [1.82, 2.24) is 0 Å². The maximum atomic E-state index is 11.0. The summed E-state index contributed by atoms with van der Waals surface area (Å²) in [5.41, 5.74) is 3.91. The second kappa shape index (κ2) is 10.8. The zero-order valence-electron chi connectivity index (χ0n) is 14.4. The van der Waals surface area contributed by atoms with Gasteiger partial charge in [0.15, 0.2) is 0 Å². The van der Waals surface area contributed by atoms with E-state index in [1.807, 2.05) is 67.6 Å². The molecule has 0 saturated heterocycles. The smallest absolute Gasteiger partial charge is 0.333 e. The molecule has 0 atom stereocenters. The van der Waals surface area contributed by atoms with Gasteiger partial charge in [-0.05, 0) is 24.5 Å². The molecule has 2 aromatic rings. The molecule has 2 heteroatoms. The maximum absolute atomic E-state index is 11.0. The van der Waals surface area contributed by atoms with E-state index in [1.54, 1.807) is 0 Å². The number of hydrogen-bond acceptors (Lipinski definition) is 2. The maximum Gasteiger partial charge on any atom is 0.333 e. The molecule has 0 unspecified atom stereocenters. The molecule has 0 aromatic heterocycles. The predicted octanol–water partition coefficient (Wildman–Crippen LogP) is 5.54. The van der Waals surface area contributed by atoms with Crippen LogP contribution in [0.3, 0.4) is 0 Å². The molecule has 0 aliphatic heterocycles. The summed E-state index contributed by atoms with van der Waals surface area (Å²) in [5.74, 6) is -0.354. The van der Waals surface area contributed by atoms with Crippen molar-refractivity contribution in [3.05, 3.63) is 96.6 Å². The number of carbonyl (C=O) groups is 1. The molecular formula is C22H24O2. The lowest BCUT2D eigenvalue weighted by molar-refractivity contribution is -0.136. The monoisotopic (exact) mass is 320 g/mol. The second-order valence-corrected chi connectivity index (χ2v) is 5.26. The molecule has 0 aliphatic carbocycles. The summed E-state index contributed by atoms with van der Waals surface area (Å²) in [5, 5.41) is 0. The van der Waals surface area contributed by atoms with E-state index < -0.39 is 0 Å². The van der Waals surface area contributed by atoms with Crippen LogP contribution < -0.4 is 0 Å². The minimum Gasteiger partial charge on any atom is -0.466 e. The summed E-state index contributed by atoms with van der Waals surface area (Å²) in [4.78, 5) is 11.0. The Labute approximate surface area is 144 Å². The Kier molecular flexibility index (Phi) is 8.62. The largest absolute Gasteiger partial charge is 0.466 e. The number of methoxy groups -OCH3 is 1. The first-order chi connectivity index (χ1) is 11.5. The van der Waals surface area contributed by atoms with E-state index in [2.05, 4.69) is 30.0 Å². The highest BCUT2D eigenvalue weighted by molar-refractivity contribution is 5.88. The summed E-state index contributed by atoms with van der Waals surface area (Å²) in [6, 6.07) is 20.0. The second-order valence-electron chi connectivity index (χ2n) is 5.26. The molecule has 0 aliphatic rings. The Morgan fingerprint density at radius 3 is 2.00 bits per heavy atom. The summed E-state index contributed by atoms with van der Waals surface area (Å²) in [6.07, 6.45) is 4.37. The number of benzene rings is 2. The summed E-state index contributed by atoms with van der Waals surface area (Å²) in [7, 11) is 1.36. The van der Waals surface area contributed by atoms with Crippen molar-refractivity contribution in [3.63, 3.8) is 0 Å². The predicted molar refractivity (Wildman–Crippen MR) is 102 cm³/mol. The van der Waals surface area contributed by atoms with Gasteiger partial charge in [-0.3, -0.25) is 0 Å². The van der Waals surface area contributed by atoms with Crippen LogP contribution in [0.2, 0.25) is 0 Å². The Bertz CT molecular complexity index is 682. The van der Waals surface area contributed by atoms with E-state index in [1.165, 1.54) is 12.7 Å². The highest BCUT2D eigenvalue weighted by atomic mass is 16.5. The van der Waals surface area contributed by atoms with Gasteiger partial charge in [-0.2, -0.15) is 0 Å². The minimum absolute atomic E-state index is 0.354. The molecule has 0 amide bonds. The average Bonchev–Trinajstić information content (AvgIpc) is 2.63. The molecule has 124 valence electrons. The third kappa shape index (κ3) is 7.41. The van der Waals surface area contributed by atoms with Crippen molar-refractivity contribution in [1.29, 1.82) is 0 Å². The number of carbonyl (C=O) groups excluding carboxylic acids is 1. The molecule has 2 nitrogen and oxygen atoms in total. The zero-order valence-corrected chi connectivity index (χ0v) is 14.4. The van der Waals surface area contributed by atoms with Gasteiger partial charge < -0.3 is 4.74 Å². The highest BCUT2D eigenvalue weighted by Gasteiger charge is 2.02. The number of ether oxygens (including phenoxy) is 1. The molecule has 24 heavy (non-hydrogen) atoms. The van der Waals surface area contributed by atoms with Crippen LogP contribution in [0.5, 0.6) is 0 Å². The normalized spacial score (nSPS) is 9.75. The third-order valence-electron chi connectivity index (χ3n) is 3.21. The molecule has 2 aromatic carbocycles. The van der Waals surface area contributed by atoms with Gasteiger partial charge in [0.2, 0.25) is 0 Å². The standard InChI is InChI=1S/C13H14O2.C9H10/c1-11(13(14)15-2)7-6-10-12-8-4-3-5-9-12;1-8(2)9-6-4-3-5-7-9/h3-6,8-10H,1,7H2,2H3;3-7H,1H2,2H3. The zero-order chi connectivity index (χ0) is 17.8. The lowest BCUT2D eigenvalue weighted by Crippen LogP contribution is -2.02. The van der Waals surface area contributed by atoms with Crippen molar-refractivity contribution in [2.24, 2.45) is 0 Å². The van der Waals surface area contributed by atoms with Gasteiger partial charge >= 0.3 is 5.97 Å². The van der Waals surface area contributed by atoms with E-state index in [4.69, 9.17) is 0 Å². The van der Waals surface area contributed by atoms with Gasteiger partial charge in [0.05, 0.1) is 7.11 Å². The first kappa shape index (κ1) is 19.2. The van der Waals surface area contributed by atoms with E-state index in [-0.39, 0.29) is 5.97 Å². The van der Waals surface area contributed by atoms with Crippen LogP contribution >= 0.6 is 0 Å². The molecule has 0 N–H and O–H groups in total. The lowest BCUT2D eigenvalue weighted by atomic mass is 10.1. The van der Waals surface area contributed by atoms with Crippen molar-refractivity contribution in [2.45, 2.75) is 13.3 Å².